The molecule has 0 fully saturated rings. The van der Waals surface area contributed by atoms with E-state index in [1.807, 2.05) is 19.4 Å². The molecule has 0 saturated heterocycles. The van der Waals surface area contributed by atoms with Crippen molar-refractivity contribution >= 4 is 0 Å². The molecule has 1 rings (SSSR count). The summed E-state index contributed by atoms with van der Waals surface area (Å²) in [5.41, 5.74) is 1.72. The van der Waals surface area contributed by atoms with E-state index in [-0.39, 0.29) is 0 Å². The first-order valence-corrected chi connectivity index (χ1v) is 6.34. The van der Waals surface area contributed by atoms with Crippen molar-refractivity contribution in [3.8, 4) is 0 Å². The maximum absolute atomic E-state index is 4.12. The zero-order valence-corrected chi connectivity index (χ0v) is 10.8. The van der Waals surface area contributed by atoms with Gasteiger partial charge in [0, 0.05) is 24.4 Å². The lowest BCUT2D eigenvalue weighted by molar-refractivity contribution is 0.344. The van der Waals surface area contributed by atoms with E-state index in [2.05, 4.69) is 36.3 Å². The molecule has 0 amide bonds. The van der Waals surface area contributed by atoms with Gasteiger partial charge in [-0.3, -0.25) is 4.98 Å². The van der Waals surface area contributed by atoms with Gasteiger partial charge in [-0.25, -0.2) is 0 Å². The summed E-state index contributed by atoms with van der Waals surface area (Å²) in [6.45, 7) is 5.58. The topological polar surface area (TPSA) is 24.9 Å². The lowest BCUT2D eigenvalue weighted by Gasteiger charge is -2.34. The number of aromatic nitrogens is 1. The van der Waals surface area contributed by atoms with Gasteiger partial charge in [-0.1, -0.05) is 26.7 Å². The van der Waals surface area contributed by atoms with Crippen LogP contribution in [0.25, 0.3) is 0 Å². The molecule has 0 aliphatic carbocycles. The highest BCUT2D eigenvalue weighted by Crippen LogP contribution is 2.33. The van der Waals surface area contributed by atoms with Crippen molar-refractivity contribution in [2.24, 2.45) is 0 Å². The molecule has 2 nitrogen and oxygen atoms in total. The molecule has 0 radical (unpaired) electrons. The van der Waals surface area contributed by atoms with E-state index in [0.29, 0.717) is 5.41 Å². The Morgan fingerprint density at radius 1 is 1.12 bits per heavy atom. The van der Waals surface area contributed by atoms with Gasteiger partial charge < -0.3 is 5.32 Å². The van der Waals surface area contributed by atoms with Gasteiger partial charge in [0.1, 0.15) is 0 Å². The monoisotopic (exact) mass is 220 g/mol. The van der Waals surface area contributed by atoms with Gasteiger partial charge in [0.25, 0.3) is 0 Å². The van der Waals surface area contributed by atoms with Gasteiger partial charge in [-0.05, 0) is 37.6 Å². The van der Waals surface area contributed by atoms with E-state index < -0.39 is 0 Å². The Bertz CT molecular complexity index is 265. The highest BCUT2D eigenvalue weighted by molar-refractivity contribution is 5.23. The minimum absolute atomic E-state index is 0.293. The third-order valence-electron chi connectivity index (χ3n) is 3.26. The number of likely N-dealkylation sites (N-methyl/N-ethyl adjacent to an activating group) is 1. The van der Waals surface area contributed by atoms with E-state index >= 15 is 0 Å². The number of nitrogens with one attached hydrogen (secondary N) is 1. The zero-order valence-electron chi connectivity index (χ0n) is 10.8. The molecule has 90 valence electrons. The zero-order chi connectivity index (χ0) is 11.9. The molecule has 0 spiro atoms. The van der Waals surface area contributed by atoms with Crippen LogP contribution in [0.5, 0.6) is 0 Å². The van der Waals surface area contributed by atoms with Crippen LogP contribution >= 0.6 is 0 Å². The van der Waals surface area contributed by atoms with Crippen LogP contribution in [0.1, 0.15) is 45.1 Å². The summed E-state index contributed by atoms with van der Waals surface area (Å²) in [6, 6.07) is 4.34. The molecule has 0 aliphatic heterocycles. The van der Waals surface area contributed by atoms with E-state index in [1.54, 1.807) is 0 Å². The quantitative estimate of drug-likeness (QED) is 0.763. The summed E-state index contributed by atoms with van der Waals surface area (Å²) in [5, 5.41) is 3.36. The molecule has 0 atom stereocenters. The van der Waals surface area contributed by atoms with E-state index in [4.69, 9.17) is 0 Å². The van der Waals surface area contributed by atoms with Crippen LogP contribution in [-0.2, 0) is 5.41 Å². The van der Waals surface area contributed by atoms with Crippen LogP contribution in [0.3, 0.4) is 0 Å². The van der Waals surface area contributed by atoms with E-state index in [9.17, 15) is 0 Å². The second-order valence-corrected chi connectivity index (χ2v) is 4.55. The number of nitrogens with zero attached hydrogens (tertiary/aromatic N) is 1. The van der Waals surface area contributed by atoms with Gasteiger partial charge in [0.2, 0.25) is 0 Å². The molecule has 1 N–H and O–H groups in total. The molecule has 1 aromatic heterocycles. The second-order valence-electron chi connectivity index (χ2n) is 4.55. The molecular formula is C14H24N2. The van der Waals surface area contributed by atoms with Crippen molar-refractivity contribution in [3.63, 3.8) is 0 Å². The van der Waals surface area contributed by atoms with E-state index in [1.165, 1.54) is 31.2 Å². The van der Waals surface area contributed by atoms with Gasteiger partial charge in [-0.15, -0.1) is 0 Å². The fourth-order valence-corrected chi connectivity index (χ4v) is 2.69. The minimum Gasteiger partial charge on any atom is -0.319 e. The smallest absolute Gasteiger partial charge is 0.0270 e. The Morgan fingerprint density at radius 2 is 1.69 bits per heavy atom. The van der Waals surface area contributed by atoms with Gasteiger partial charge in [0.15, 0.2) is 0 Å². The van der Waals surface area contributed by atoms with Crippen LogP contribution in [0, 0.1) is 0 Å². The molecule has 0 aliphatic rings. The molecule has 0 aromatic carbocycles. The molecular weight excluding hydrogens is 196 g/mol. The lowest BCUT2D eigenvalue weighted by Crippen LogP contribution is -2.36. The molecule has 1 heterocycles. The normalized spacial score (nSPS) is 11.7. The highest BCUT2D eigenvalue weighted by Gasteiger charge is 2.29. The first kappa shape index (κ1) is 13.2. The molecule has 1 aromatic rings. The number of pyridine rings is 1. The van der Waals surface area contributed by atoms with Gasteiger partial charge >= 0.3 is 0 Å². The van der Waals surface area contributed by atoms with Crippen LogP contribution in [0.15, 0.2) is 24.5 Å². The van der Waals surface area contributed by atoms with Crippen molar-refractivity contribution in [2.75, 3.05) is 13.6 Å². The fourth-order valence-electron chi connectivity index (χ4n) is 2.69. The lowest BCUT2D eigenvalue weighted by atomic mass is 9.73. The predicted octanol–water partition coefficient (Wildman–Crippen LogP) is 3.14. The number of hydrogen-bond donors (Lipinski definition) is 1. The molecule has 0 saturated carbocycles. The van der Waals surface area contributed by atoms with Crippen molar-refractivity contribution in [1.29, 1.82) is 0 Å². The molecule has 16 heavy (non-hydrogen) atoms. The summed E-state index contributed by atoms with van der Waals surface area (Å²) in [7, 11) is 2.04. The summed E-state index contributed by atoms with van der Waals surface area (Å²) >= 11 is 0. The molecule has 2 heteroatoms. The van der Waals surface area contributed by atoms with Crippen molar-refractivity contribution in [2.45, 2.75) is 44.9 Å². The minimum atomic E-state index is 0.293. The Hall–Kier alpha value is -0.890. The van der Waals surface area contributed by atoms with Crippen LogP contribution in [0.4, 0.5) is 0 Å². The Labute approximate surface area is 99.5 Å². The standard InChI is InChI=1S/C14H24N2/c1-4-8-14(9-5-2,12-15-3)13-6-10-16-11-7-13/h6-7,10-11,15H,4-5,8-9,12H2,1-3H3. The fraction of sp³-hybridized carbons (Fsp3) is 0.643. The number of rotatable bonds is 7. The second kappa shape index (κ2) is 6.64. The predicted molar refractivity (Wildman–Crippen MR) is 69.7 cm³/mol. The molecule has 0 unspecified atom stereocenters. The average molecular weight is 220 g/mol. The Morgan fingerprint density at radius 3 is 2.12 bits per heavy atom. The Kier molecular flexibility index (Phi) is 5.47. The first-order chi connectivity index (χ1) is 7.79. The van der Waals surface area contributed by atoms with Crippen LogP contribution in [-0.4, -0.2) is 18.6 Å². The first-order valence-electron chi connectivity index (χ1n) is 6.34. The van der Waals surface area contributed by atoms with Crippen LogP contribution < -0.4 is 5.32 Å². The van der Waals surface area contributed by atoms with Crippen molar-refractivity contribution in [1.82, 2.24) is 10.3 Å². The number of hydrogen-bond acceptors (Lipinski definition) is 2. The van der Waals surface area contributed by atoms with Crippen molar-refractivity contribution in [3.05, 3.63) is 30.1 Å². The summed E-state index contributed by atoms with van der Waals surface area (Å²) in [5.74, 6) is 0. The Balaban J connectivity index is 2.99. The maximum atomic E-state index is 4.12. The maximum Gasteiger partial charge on any atom is 0.0270 e. The average Bonchev–Trinajstić information content (AvgIpc) is 2.31. The third kappa shape index (κ3) is 3.05. The van der Waals surface area contributed by atoms with Gasteiger partial charge in [0.05, 0.1) is 0 Å². The summed E-state index contributed by atoms with van der Waals surface area (Å²) < 4.78 is 0. The van der Waals surface area contributed by atoms with Gasteiger partial charge in [-0.2, -0.15) is 0 Å². The van der Waals surface area contributed by atoms with Crippen molar-refractivity contribution < 1.29 is 0 Å². The third-order valence-corrected chi connectivity index (χ3v) is 3.26. The summed E-state index contributed by atoms with van der Waals surface area (Å²) in [6.07, 6.45) is 8.75. The largest absolute Gasteiger partial charge is 0.319 e. The summed E-state index contributed by atoms with van der Waals surface area (Å²) in [4.78, 5) is 4.12. The van der Waals surface area contributed by atoms with Crippen LogP contribution in [0.2, 0.25) is 0 Å². The van der Waals surface area contributed by atoms with E-state index in [0.717, 1.165) is 6.54 Å². The molecule has 0 bridgehead atoms. The highest BCUT2D eigenvalue weighted by atomic mass is 14.8. The SMILES string of the molecule is CCCC(CCC)(CNC)c1ccncc1.